The van der Waals surface area contributed by atoms with E-state index in [1.807, 2.05) is 12.4 Å². The van der Waals surface area contributed by atoms with Crippen LogP contribution in [0.5, 0.6) is 0 Å². The molecule has 0 spiro atoms. The largest absolute Gasteiger partial charge is 0.393 e. The number of aliphatic hydroxyl groups is 1. The van der Waals surface area contributed by atoms with Crippen molar-refractivity contribution in [2.75, 3.05) is 24.2 Å². The Balaban J connectivity index is 1.53. The summed E-state index contributed by atoms with van der Waals surface area (Å²) in [4.78, 5) is 16.7. The zero-order valence-electron chi connectivity index (χ0n) is 20.4. The average Bonchev–Trinajstić information content (AvgIpc) is 3.21. The maximum atomic E-state index is 9.89. The molecule has 0 aromatic carbocycles. The van der Waals surface area contributed by atoms with Gasteiger partial charge in [0.15, 0.2) is 0 Å². The van der Waals surface area contributed by atoms with Crippen LogP contribution in [0.4, 0.5) is 11.8 Å². The SMILES string of the molecule is CCC[C@H](C)Nc1ncc(-c2ccc(C[C@H]3CCCN3C)cn2)c(N[C@H]2CC[C@H](O)CC2)n1. The average molecular weight is 453 g/mol. The van der Waals surface area contributed by atoms with Crippen LogP contribution in [0.1, 0.15) is 70.8 Å². The lowest BCUT2D eigenvalue weighted by atomic mass is 9.93. The molecule has 33 heavy (non-hydrogen) atoms. The molecule has 4 rings (SSSR count). The van der Waals surface area contributed by atoms with Crippen LogP contribution in [-0.4, -0.2) is 62.8 Å². The van der Waals surface area contributed by atoms with Crippen LogP contribution in [0.15, 0.2) is 24.5 Å². The summed E-state index contributed by atoms with van der Waals surface area (Å²) in [6.45, 7) is 5.54. The van der Waals surface area contributed by atoms with E-state index in [1.165, 1.54) is 24.9 Å². The Kier molecular flexibility index (Phi) is 8.15. The van der Waals surface area contributed by atoms with Gasteiger partial charge in [0.1, 0.15) is 5.82 Å². The van der Waals surface area contributed by atoms with Crippen LogP contribution in [0.2, 0.25) is 0 Å². The van der Waals surface area contributed by atoms with Gasteiger partial charge in [-0.05, 0) is 83.5 Å². The van der Waals surface area contributed by atoms with E-state index in [0.29, 0.717) is 24.1 Å². The molecule has 180 valence electrons. The van der Waals surface area contributed by atoms with Crippen molar-refractivity contribution in [1.82, 2.24) is 19.9 Å². The highest BCUT2D eigenvalue weighted by Crippen LogP contribution is 2.29. The maximum absolute atomic E-state index is 9.89. The molecule has 0 unspecified atom stereocenters. The van der Waals surface area contributed by atoms with Gasteiger partial charge in [0.05, 0.1) is 17.4 Å². The first-order chi connectivity index (χ1) is 16.0. The third-order valence-corrected chi connectivity index (χ3v) is 7.17. The minimum atomic E-state index is -0.173. The van der Waals surface area contributed by atoms with E-state index >= 15 is 0 Å². The lowest BCUT2D eigenvalue weighted by Crippen LogP contribution is -2.29. The van der Waals surface area contributed by atoms with E-state index in [4.69, 9.17) is 9.97 Å². The zero-order valence-corrected chi connectivity index (χ0v) is 20.4. The van der Waals surface area contributed by atoms with E-state index in [-0.39, 0.29) is 6.10 Å². The number of hydrogen-bond donors (Lipinski definition) is 3. The molecular formula is C26H40N6O. The lowest BCUT2D eigenvalue weighted by molar-refractivity contribution is 0.126. The molecule has 3 N–H and O–H groups in total. The molecule has 2 fully saturated rings. The fraction of sp³-hybridized carbons (Fsp3) is 0.654. The van der Waals surface area contributed by atoms with E-state index in [0.717, 1.165) is 62.0 Å². The number of likely N-dealkylation sites (N-methyl/N-ethyl adjacent to an activating group) is 1. The normalized spacial score (nSPS) is 24.5. The lowest BCUT2D eigenvalue weighted by Gasteiger charge is -2.27. The molecule has 2 atom stereocenters. The summed E-state index contributed by atoms with van der Waals surface area (Å²) in [5, 5.41) is 17.0. The first-order valence-electron chi connectivity index (χ1n) is 12.8. The molecule has 2 aromatic heterocycles. The van der Waals surface area contributed by atoms with Gasteiger partial charge in [-0.25, -0.2) is 4.98 Å². The summed E-state index contributed by atoms with van der Waals surface area (Å²) in [5.41, 5.74) is 3.10. The van der Waals surface area contributed by atoms with Crippen molar-refractivity contribution in [1.29, 1.82) is 0 Å². The number of nitrogens with one attached hydrogen (secondary N) is 2. The molecule has 1 aliphatic carbocycles. The summed E-state index contributed by atoms with van der Waals surface area (Å²) in [6, 6.07) is 5.55. The minimum Gasteiger partial charge on any atom is -0.393 e. The Morgan fingerprint density at radius 1 is 1.12 bits per heavy atom. The number of anilines is 2. The van der Waals surface area contributed by atoms with Crippen LogP contribution in [0.25, 0.3) is 11.3 Å². The van der Waals surface area contributed by atoms with Crippen molar-refractivity contribution in [3.8, 4) is 11.3 Å². The summed E-state index contributed by atoms with van der Waals surface area (Å²) in [5.74, 6) is 1.48. The first kappa shape index (κ1) is 23.9. The Morgan fingerprint density at radius 3 is 2.61 bits per heavy atom. The molecule has 1 saturated heterocycles. The van der Waals surface area contributed by atoms with Crippen LogP contribution >= 0.6 is 0 Å². The number of aromatic nitrogens is 3. The van der Waals surface area contributed by atoms with Crippen molar-refractivity contribution >= 4 is 11.8 Å². The van der Waals surface area contributed by atoms with Gasteiger partial charge in [-0.1, -0.05) is 19.4 Å². The molecule has 2 aliphatic rings. The topological polar surface area (TPSA) is 86.2 Å². The molecule has 2 aromatic rings. The maximum Gasteiger partial charge on any atom is 0.224 e. The van der Waals surface area contributed by atoms with Gasteiger partial charge in [0, 0.05) is 30.5 Å². The summed E-state index contributed by atoms with van der Waals surface area (Å²) in [6.07, 6.45) is 13.1. The Labute approximate surface area is 198 Å². The van der Waals surface area contributed by atoms with Crippen molar-refractivity contribution < 1.29 is 5.11 Å². The number of hydrogen-bond acceptors (Lipinski definition) is 7. The van der Waals surface area contributed by atoms with Gasteiger partial charge in [-0.3, -0.25) is 4.98 Å². The van der Waals surface area contributed by atoms with Gasteiger partial charge in [0.2, 0.25) is 5.95 Å². The van der Waals surface area contributed by atoms with Crippen LogP contribution in [-0.2, 0) is 6.42 Å². The van der Waals surface area contributed by atoms with Crippen molar-refractivity contribution in [3.63, 3.8) is 0 Å². The first-order valence-corrected chi connectivity index (χ1v) is 12.8. The number of nitrogens with zero attached hydrogens (tertiary/aromatic N) is 4. The molecule has 7 heteroatoms. The summed E-state index contributed by atoms with van der Waals surface area (Å²) >= 11 is 0. The molecule has 0 amide bonds. The highest BCUT2D eigenvalue weighted by atomic mass is 16.3. The third-order valence-electron chi connectivity index (χ3n) is 7.17. The summed E-state index contributed by atoms with van der Waals surface area (Å²) < 4.78 is 0. The van der Waals surface area contributed by atoms with Gasteiger partial charge in [-0.15, -0.1) is 0 Å². The van der Waals surface area contributed by atoms with E-state index in [1.54, 1.807) is 0 Å². The van der Waals surface area contributed by atoms with Crippen molar-refractivity contribution in [2.45, 2.75) is 95.9 Å². The molecule has 1 saturated carbocycles. The van der Waals surface area contributed by atoms with E-state index in [9.17, 15) is 5.11 Å². The van der Waals surface area contributed by atoms with Gasteiger partial charge in [0.25, 0.3) is 0 Å². The van der Waals surface area contributed by atoms with Gasteiger partial charge >= 0.3 is 0 Å². The van der Waals surface area contributed by atoms with Crippen LogP contribution in [0.3, 0.4) is 0 Å². The second kappa shape index (κ2) is 11.3. The number of rotatable bonds is 9. The van der Waals surface area contributed by atoms with Gasteiger partial charge in [-0.2, -0.15) is 4.98 Å². The molecule has 1 aliphatic heterocycles. The van der Waals surface area contributed by atoms with Crippen LogP contribution in [0, 0.1) is 0 Å². The Bertz CT molecular complexity index is 881. The third kappa shape index (κ3) is 6.42. The Hall–Kier alpha value is -2.25. The van der Waals surface area contributed by atoms with Crippen molar-refractivity contribution in [3.05, 3.63) is 30.1 Å². The zero-order chi connectivity index (χ0) is 23.2. The molecule has 7 nitrogen and oxygen atoms in total. The molecular weight excluding hydrogens is 412 g/mol. The standard InChI is InChI=1S/C26H40N6O/c1-4-6-18(2)29-26-28-17-23(25(31-26)30-20-9-11-22(33)12-10-20)24-13-8-19(16-27-24)15-21-7-5-14-32(21)3/h8,13,16-18,20-22,33H,4-7,9-12,14-15H2,1-3H3,(H2,28,29,30,31)/t18-,20-,21+,22-/m0/s1. The van der Waals surface area contributed by atoms with E-state index < -0.39 is 0 Å². The quantitative estimate of drug-likeness (QED) is 0.517. The second-order valence-corrected chi connectivity index (χ2v) is 9.97. The van der Waals surface area contributed by atoms with Crippen LogP contribution < -0.4 is 10.6 Å². The monoisotopic (exact) mass is 452 g/mol. The number of aliphatic hydroxyl groups excluding tert-OH is 1. The predicted molar refractivity (Wildman–Crippen MR) is 134 cm³/mol. The fourth-order valence-corrected chi connectivity index (χ4v) is 5.10. The summed E-state index contributed by atoms with van der Waals surface area (Å²) in [7, 11) is 2.22. The molecule has 3 heterocycles. The molecule has 0 bridgehead atoms. The number of likely N-dealkylation sites (tertiary alicyclic amines) is 1. The fourth-order valence-electron chi connectivity index (χ4n) is 5.10. The predicted octanol–water partition coefficient (Wildman–Crippen LogP) is 4.49. The van der Waals surface area contributed by atoms with Gasteiger partial charge < -0.3 is 20.6 Å². The van der Waals surface area contributed by atoms with E-state index in [2.05, 4.69) is 53.5 Å². The number of pyridine rings is 1. The smallest absolute Gasteiger partial charge is 0.224 e. The van der Waals surface area contributed by atoms with Crippen molar-refractivity contribution in [2.24, 2.45) is 0 Å². The Morgan fingerprint density at radius 2 is 1.94 bits per heavy atom. The molecule has 0 radical (unpaired) electrons. The highest BCUT2D eigenvalue weighted by Gasteiger charge is 2.23. The highest BCUT2D eigenvalue weighted by molar-refractivity contribution is 5.73. The second-order valence-electron chi connectivity index (χ2n) is 9.97. The minimum absolute atomic E-state index is 0.173.